The Balaban J connectivity index is 0.000000333. The van der Waals surface area contributed by atoms with E-state index < -0.39 is 0 Å². The molecular formula is C16H28N2O2. The smallest absolute Gasteiger partial charge is 0.0589 e. The van der Waals surface area contributed by atoms with Crippen LogP contribution in [0.25, 0.3) is 0 Å². The maximum absolute atomic E-state index is 5.03. The third kappa shape index (κ3) is 7.58. The van der Waals surface area contributed by atoms with Crippen LogP contribution in [-0.2, 0) is 22.4 Å². The second-order valence-corrected chi connectivity index (χ2v) is 5.02. The SMILES string of the molecule is C1CCOC1.CCc1cccc(CN(C)CCOC)n1. The minimum absolute atomic E-state index is 0.768. The van der Waals surface area contributed by atoms with Gasteiger partial charge >= 0.3 is 0 Å². The summed E-state index contributed by atoms with van der Waals surface area (Å²) < 4.78 is 9.98. The molecular weight excluding hydrogens is 252 g/mol. The molecule has 0 bridgehead atoms. The molecule has 1 aliphatic heterocycles. The molecule has 0 atom stereocenters. The summed E-state index contributed by atoms with van der Waals surface area (Å²) in [6, 6.07) is 6.21. The normalized spacial score (nSPS) is 14.2. The lowest BCUT2D eigenvalue weighted by atomic mass is 10.2. The van der Waals surface area contributed by atoms with Crippen LogP contribution in [0.1, 0.15) is 31.2 Å². The van der Waals surface area contributed by atoms with E-state index in [-0.39, 0.29) is 0 Å². The second kappa shape index (κ2) is 10.8. The number of methoxy groups -OCH3 is 1. The van der Waals surface area contributed by atoms with Gasteiger partial charge in [-0.3, -0.25) is 9.88 Å². The first-order valence-electron chi connectivity index (χ1n) is 7.46. The van der Waals surface area contributed by atoms with Crippen LogP contribution in [0, 0.1) is 0 Å². The lowest BCUT2D eigenvalue weighted by Gasteiger charge is -2.15. The van der Waals surface area contributed by atoms with Crippen molar-refractivity contribution in [2.75, 3.05) is 40.5 Å². The van der Waals surface area contributed by atoms with E-state index in [2.05, 4.69) is 42.1 Å². The first-order chi connectivity index (χ1) is 9.76. The summed E-state index contributed by atoms with van der Waals surface area (Å²) in [5, 5.41) is 0. The molecule has 0 amide bonds. The van der Waals surface area contributed by atoms with Crippen LogP contribution in [0.15, 0.2) is 18.2 Å². The van der Waals surface area contributed by atoms with Crippen LogP contribution in [0.4, 0.5) is 0 Å². The van der Waals surface area contributed by atoms with E-state index in [9.17, 15) is 0 Å². The average Bonchev–Trinajstić information content (AvgIpc) is 3.05. The topological polar surface area (TPSA) is 34.6 Å². The standard InChI is InChI=1S/C12H20N2O.C4H8O/c1-4-11-6-5-7-12(13-11)10-14(2)8-9-15-3;1-2-4-5-3-1/h5-7H,4,8-10H2,1-3H3;1-4H2. The van der Waals surface area contributed by atoms with E-state index in [1.807, 2.05) is 0 Å². The number of hydrogen-bond donors (Lipinski definition) is 0. The number of aryl methyl sites for hydroxylation is 1. The van der Waals surface area contributed by atoms with Crippen molar-refractivity contribution in [1.82, 2.24) is 9.88 Å². The Kier molecular flexibility index (Phi) is 9.20. The summed E-state index contributed by atoms with van der Waals surface area (Å²) >= 11 is 0. The molecule has 2 heterocycles. The zero-order valence-electron chi connectivity index (χ0n) is 13.1. The molecule has 114 valence electrons. The fourth-order valence-electron chi connectivity index (χ4n) is 1.93. The molecule has 0 spiro atoms. The molecule has 0 N–H and O–H groups in total. The van der Waals surface area contributed by atoms with E-state index >= 15 is 0 Å². The molecule has 0 radical (unpaired) electrons. The Morgan fingerprint density at radius 3 is 2.50 bits per heavy atom. The first kappa shape index (κ1) is 17.1. The van der Waals surface area contributed by atoms with Gasteiger partial charge in [0.25, 0.3) is 0 Å². The lowest BCUT2D eigenvalue weighted by molar-refractivity contribution is 0.158. The van der Waals surface area contributed by atoms with E-state index in [1.165, 1.54) is 12.8 Å². The number of likely N-dealkylation sites (N-methyl/N-ethyl adjacent to an activating group) is 1. The minimum Gasteiger partial charge on any atom is -0.383 e. The van der Waals surface area contributed by atoms with Gasteiger partial charge in [0.1, 0.15) is 0 Å². The predicted molar refractivity (Wildman–Crippen MR) is 81.9 cm³/mol. The quantitative estimate of drug-likeness (QED) is 0.802. The molecule has 4 nitrogen and oxygen atoms in total. The zero-order chi connectivity index (χ0) is 14.6. The van der Waals surface area contributed by atoms with Crippen molar-refractivity contribution in [2.24, 2.45) is 0 Å². The fourth-order valence-corrected chi connectivity index (χ4v) is 1.93. The van der Waals surface area contributed by atoms with Crippen LogP contribution in [0.2, 0.25) is 0 Å². The van der Waals surface area contributed by atoms with E-state index in [4.69, 9.17) is 9.47 Å². The van der Waals surface area contributed by atoms with Crippen molar-refractivity contribution in [1.29, 1.82) is 0 Å². The van der Waals surface area contributed by atoms with Gasteiger partial charge in [0.15, 0.2) is 0 Å². The zero-order valence-corrected chi connectivity index (χ0v) is 13.1. The monoisotopic (exact) mass is 280 g/mol. The molecule has 0 saturated carbocycles. The van der Waals surface area contributed by atoms with Crippen molar-refractivity contribution < 1.29 is 9.47 Å². The van der Waals surface area contributed by atoms with Gasteiger partial charge in [-0.05, 0) is 38.4 Å². The summed E-state index contributed by atoms with van der Waals surface area (Å²) in [6.45, 7) is 6.72. The third-order valence-electron chi connectivity index (χ3n) is 3.16. The highest BCUT2D eigenvalue weighted by Gasteiger charge is 2.01. The number of pyridine rings is 1. The maximum Gasteiger partial charge on any atom is 0.0589 e. The Bertz CT molecular complexity index is 346. The van der Waals surface area contributed by atoms with Gasteiger partial charge in [-0.25, -0.2) is 0 Å². The predicted octanol–water partition coefficient (Wildman–Crippen LogP) is 2.52. The highest BCUT2D eigenvalue weighted by Crippen LogP contribution is 2.03. The van der Waals surface area contributed by atoms with Crippen LogP contribution in [0.3, 0.4) is 0 Å². The fraction of sp³-hybridized carbons (Fsp3) is 0.688. The molecule has 0 aliphatic carbocycles. The van der Waals surface area contributed by atoms with Gasteiger partial charge in [-0.15, -0.1) is 0 Å². The van der Waals surface area contributed by atoms with E-state index in [0.29, 0.717) is 0 Å². The number of hydrogen-bond acceptors (Lipinski definition) is 4. The van der Waals surface area contributed by atoms with Crippen molar-refractivity contribution in [3.8, 4) is 0 Å². The van der Waals surface area contributed by atoms with Gasteiger partial charge in [-0.1, -0.05) is 13.0 Å². The van der Waals surface area contributed by atoms with Crippen molar-refractivity contribution >= 4 is 0 Å². The Labute approximate surface area is 123 Å². The number of rotatable bonds is 6. The van der Waals surface area contributed by atoms with Gasteiger partial charge < -0.3 is 9.47 Å². The summed E-state index contributed by atoms with van der Waals surface area (Å²) in [6.07, 6.45) is 3.55. The summed E-state index contributed by atoms with van der Waals surface area (Å²) in [5.74, 6) is 0. The highest BCUT2D eigenvalue weighted by atomic mass is 16.5. The van der Waals surface area contributed by atoms with Gasteiger partial charge in [-0.2, -0.15) is 0 Å². The third-order valence-corrected chi connectivity index (χ3v) is 3.16. The lowest BCUT2D eigenvalue weighted by Crippen LogP contribution is -2.22. The van der Waals surface area contributed by atoms with Crippen molar-refractivity contribution in [3.63, 3.8) is 0 Å². The highest BCUT2D eigenvalue weighted by molar-refractivity contribution is 5.11. The van der Waals surface area contributed by atoms with E-state index in [1.54, 1.807) is 7.11 Å². The van der Waals surface area contributed by atoms with Crippen LogP contribution >= 0.6 is 0 Å². The van der Waals surface area contributed by atoms with Crippen molar-refractivity contribution in [3.05, 3.63) is 29.6 Å². The van der Waals surface area contributed by atoms with Crippen molar-refractivity contribution in [2.45, 2.75) is 32.7 Å². The Hall–Kier alpha value is -0.970. The van der Waals surface area contributed by atoms with Gasteiger partial charge in [0, 0.05) is 39.1 Å². The average molecular weight is 280 g/mol. The molecule has 1 aliphatic rings. The molecule has 2 rings (SSSR count). The first-order valence-corrected chi connectivity index (χ1v) is 7.46. The van der Waals surface area contributed by atoms with Crippen LogP contribution < -0.4 is 0 Å². The Morgan fingerprint density at radius 1 is 1.25 bits per heavy atom. The minimum atomic E-state index is 0.768. The number of aromatic nitrogens is 1. The molecule has 4 heteroatoms. The van der Waals surface area contributed by atoms with E-state index in [0.717, 1.165) is 50.7 Å². The summed E-state index contributed by atoms with van der Waals surface area (Å²) in [7, 11) is 3.81. The molecule has 1 saturated heterocycles. The van der Waals surface area contributed by atoms with Gasteiger partial charge in [0.05, 0.1) is 12.3 Å². The molecule has 1 aromatic heterocycles. The molecule has 0 aromatic carbocycles. The molecule has 20 heavy (non-hydrogen) atoms. The molecule has 0 unspecified atom stereocenters. The Morgan fingerprint density at radius 2 is 1.95 bits per heavy atom. The number of ether oxygens (including phenoxy) is 2. The molecule has 1 aromatic rings. The maximum atomic E-state index is 5.03. The summed E-state index contributed by atoms with van der Waals surface area (Å²) in [4.78, 5) is 6.77. The van der Waals surface area contributed by atoms with Crippen LogP contribution in [-0.4, -0.2) is 50.4 Å². The number of nitrogens with zero attached hydrogens (tertiary/aromatic N) is 2. The summed E-state index contributed by atoms with van der Waals surface area (Å²) in [5.41, 5.74) is 2.29. The molecule has 1 fully saturated rings. The van der Waals surface area contributed by atoms with Crippen LogP contribution in [0.5, 0.6) is 0 Å². The van der Waals surface area contributed by atoms with Gasteiger partial charge in [0.2, 0.25) is 0 Å². The second-order valence-electron chi connectivity index (χ2n) is 5.02. The largest absolute Gasteiger partial charge is 0.383 e.